The molecule has 1 unspecified atom stereocenters. The van der Waals surface area contributed by atoms with Crippen molar-refractivity contribution in [1.82, 2.24) is 0 Å². The fraction of sp³-hybridized carbons (Fsp3) is 0.368. The number of nitrogens with one attached hydrogen (secondary N) is 1. The Morgan fingerprint density at radius 3 is 2.81 bits per heavy atom. The van der Waals surface area contributed by atoms with E-state index in [0.717, 1.165) is 12.8 Å². The Morgan fingerprint density at radius 2 is 2.00 bits per heavy atom. The first-order chi connectivity index (χ1) is 10.4. The summed E-state index contributed by atoms with van der Waals surface area (Å²) >= 11 is 0. The molecule has 4 rings (SSSR count). The molecular weight excluding hydrogens is 256 g/mol. The molecule has 0 fully saturated rings. The van der Waals surface area contributed by atoms with Crippen molar-refractivity contribution in [3.05, 3.63) is 59.8 Å². The highest BCUT2D eigenvalue weighted by Gasteiger charge is 2.33. The molecule has 1 N–H and O–H groups in total. The molecule has 0 aromatic heterocycles. The molecule has 1 aromatic carbocycles. The van der Waals surface area contributed by atoms with Gasteiger partial charge in [0, 0.05) is 5.70 Å². The van der Waals surface area contributed by atoms with Gasteiger partial charge in [-0.15, -0.1) is 0 Å². The van der Waals surface area contributed by atoms with Crippen LogP contribution in [0.3, 0.4) is 0 Å². The van der Waals surface area contributed by atoms with Crippen molar-refractivity contribution in [2.75, 3.05) is 10.2 Å². The monoisotopic (exact) mass is 278 g/mol. The molecule has 0 amide bonds. The summed E-state index contributed by atoms with van der Waals surface area (Å²) < 4.78 is 0. The Bertz CT molecular complexity index is 624. The van der Waals surface area contributed by atoms with Crippen LogP contribution in [0, 0.1) is 0 Å². The number of benzene rings is 1. The second kappa shape index (κ2) is 5.44. The molecule has 1 atom stereocenters. The molecular formula is C19H22N2. The van der Waals surface area contributed by atoms with Gasteiger partial charge in [-0.3, -0.25) is 0 Å². The van der Waals surface area contributed by atoms with Crippen LogP contribution in [0.15, 0.2) is 59.8 Å². The highest BCUT2D eigenvalue weighted by Crippen LogP contribution is 2.42. The summed E-state index contributed by atoms with van der Waals surface area (Å²) in [5, 5.41) is 3.74. The molecule has 1 heterocycles. The number of hydrogen-bond acceptors (Lipinski definition) is 2. The van der Waals surface area contributed by atoms with Crippen LogP contribution >= 0.6 is 0 Å². The molecule has 0 saturated heterocycles. The number of hydrogen-bond donors (Lipinski definition) is 1. The van der Waals surface area contributed by atoms with E-state index in [1.165, 1.54) is 42.8 Å². The first-order valence-corrected chi connectivity index (χ1v) is 8.13. The van der Waals surface area contributed by atoms with Crippen LogP contribution < -0.4 is 10.2 Å². The molecule has 0 radical (unpaired) electrons. The molecule has 108 valence electrons. The van der Waals surface area contributed by atoms with E-state index in [2.05, 4.69) is 58.8 Å². The summed E-state index contributed by atoms with van der Waals surface area (Å²) in [6, 6.07) is 8.71. The summed E-state index contributed by atoms with van der Waals surface area (Å²) in [6.45, 7) is 0. The molecule has 0 saturated carbocycles. The number of anilines is 2. The minimum absolute atomic E-state index is 0.320. The van der Waals surface area contributed by atoms with E-state index in [1.807, 2.05) is 0 Å². The Balaban J connectivity index is 1.75. The lowest BCUT2D eigenvalue weighted by atomic mass is 9.96. The first kappa shape index (κ1) is 12.8. The lowest BCUT2D eigenvalue weighted by molar-refractivity contribution is 0.646. The predicted octanol–water partition coefficient (Wildman–Crippen LogP) is 4.98. The second-order valence-corrected chi connectivity index (χ2v) is 6.08. The maximum atomic E-state index is 3.74. The quantitative estimate of drug-likeness (QED) is 0.768. The number of fused-ring (bicyclic) bond motifs is 1. The predicted molar refractivity (Wildman–Crippen MR) is 89.3 cm³/mol. The van der Waals surface area contributed by atoms with Crippen LogP contribution in [0.5, 0.6) is 0 Å². The van der Waals surface area contributed by atoms with E-state index in [1.54, 1.807) is 5.57 Å². The zero-order valence-electron chi connectivity index (χ0n) is 12.4. The van der Waals surface area contributed by atoms with Gasteiger partial charge in [-0.05, 0) is 62.3 Å². The lowest BCUT2D eigenvalue weighted by Gasteiger charge is -2.33. The summed E-state index contributed by atoms with van der Waals surface area (Å²) in [6.07, 6.45) is 16.9. The van der Waals surface area contributed by atoms with E-state index in [0.29, 0.717) is 6.17 Å². The number of para-hydroxylation sites is 2. The molecule has 1 aliphatic heterocycles. The second-order valence-electron chi connectivity index (χ2n) is 6.08. The average molecular weight is 278 g/mol. The van der Waals surface area contributed by atoms with Crippen molar-refractivity contribution in [2.45, 2.75) is 44.7 Å². The minimum atomic E-state index is 0.320. The van der Waals surface area contributed by atoms with Crippen molar-refractivity contribution in [3.63, 3.8) is 0 Å². The maximum absolute atomic E-state index is 3.74. The summed E-state index contributed by atoms with van der Waals surface area (Å²) in [7, 11) is 0. The molecule has 0 bridgehead atoms. The van der Waals surface area contributed by atoms with Crippen LogP contribution in [-0.2, 0) is 0 Å². The highest BCUT2D eigenvalue weighted by molar-refractivity contribution is 5.80. The van der Waals surface area contributed by atoms with Crippen LogP contribution in [0.2, 0.25) is 0 Å². The van der Waals surface area contributed by atoms with Crippen LogP contribution in [0.1, 0.15) is 38.5 Å². The molecule has 3 aliphatic rings. The Kier molecular flexibility index (Phi) is 3.30. The topological polar surface area (TPSA) is 15.3 Å². The smallest absolute Gasteiger partial charge is 0.126 e. The Labute approximate surface area is 126 Å². The van der Waals surface area contributed by atoms with Crippen LogP contribution in [0.4, 0.5) is 11.4 Å². The average Bonchev–Trinajstić information content (AvgIpc) is 2.96. The Morgan fingerprint density at radius 1 is 1.05 bits per heavy atom. The van der Waals surface area contributed by atoms with Crippen LogP contribution in [-0.4, -0.2) is 6.17 Å². The molecule has 2 nitrogen and oxygen atoms in total. The highest BCUT2D eigenvalue weighted by atomic mass is 15.3. The van der Waals surface area contributed by atoms with Gasteiger partial charge >= 0.3 is 0 Å². The molecule has 2 heteroatoms. The van der Waals surface area contributed by atoms with Gasteiger partial charge < -0.3 is 10.2 Å². The number of rotatable bonds is 2. The van der Waals surface area contributed by atoms with Gasteiger partial charge in [-0.25, -0.2) is 0 Å². The number of nitrogens with zero attached hydrogens (tertiary/aromatic N) is 1. The normalized spacial score (nSPS) is 24.2. The van der Waals surface area contributed by atoms with E-state index in [-0.39, 0.29) is 0 Å². The third-order valence-electron chi connectivity index (χ3n) is 4.69. The van der Waals surface area contributed by atoms with Crippen molar-refractivity contribution >= 4 is 11.4 Å². The van der Waals surface area contributed by atoms with E-state index in [4.69, 9.17) is 0 Å². The largest absolute Gasteiger partial charge is 0.360 e. The molecule has 0 spiro atoms. The van der Waals surface area contributed by atoms with Crippen molar-refractivity contribution < 1.29 is 0 Å². The van der Waals surface area contributed by atoms with E-state index < -0.39 is 0 Å². The standard InChI is InChI=1S/C19H22N2/c1-3-9-15(10-4-1)19-20-17-13-7-8-14-18(17)21(19)16-11-5-2-6-12-16/h2,5,7-9,11,13-14,19-20H,1,3-4,6,10,12H2. The summed E-state index contributed by atoms with van der Waals surface area (Å²) in [5.74, 6) is 0. The van der Waals surface area contributed by atoms with Crippen molar-refractivity contribution in [1.29, 1.82) is 0 Å². The molecule has 21 heavy (non-hydrogen) atoms. The fourth-order valence-corrected chi connectivity index (χ4v) is 3.64. The summed E-state index contributed by atoms with van der Waals surface area (Å²) in [4.78, 5) is 2.52. The zero-order chi connectivity index (χ0) is 14.1. The van der Waals surface area contributed by atoms with E-state index in [9.17, 15) is 0 Å². The third kappa shape index (κ3) is 2.29. The fourth-order valence-electron chi connectivity index (χ4n) is 3.64. The number of allylic oxidation sites excluding steroid dienone is 5. The molecule has 2 aliphatic carbocycles. The Hall–Kier alpha value is -1.96. The zero-order valence-corrected chi connectivity index (χ0v) is 12.4. The van der Waals surface area contributed by atoms with E-state index >= 15 is 0 Å². The van der Waals surface area contributed by atoms with Crippen LogP contribution in [0.25, 0.3) is 0 Å². The maximum Gasteiger partial charge on any atom is 0.126 e. The van der Waals surface area contributed by atoms with Gasteiger partial charge in [0.25, 0.3) is 0 Å². The third-order valence-corrected chi connectivity index (χ3v) is 4.69. The summed E-state index contributed by atoms with van der Waals surface area (Å²) in [5.41, 5.74) is 5.60. The molecule has 1 aromatic rings. The first-order valence-electron chi connectivity index (χ1n) is 8.13. The minimum Gasteiger partial charge on any atom is -0.360 e. The van der Waals surface area contributed by atoms with Gasteiger partial charge in [-0.1, -0.05) is 30.4 Å². The van der Waals surface area contributed by atoms with Gasteiger partial charge in [0.1, 0.15) is 6.17 Å². The lowest BCUT2D eigenvalue weighted by Crippen LogP contribution is -2.37. The van der Waals surface area contributed by atoms with Crippen molar-refractivity contribution in [3.8, 4) is 0 Å². The van der Waals surface area contributed by atoms with Gasteiger partial charge in [0.2, 0.25) is 0 Å². The van der Waals surface area contributed by atoms with Gasteiger partial charge in [0.05, 0.1) is 11.4 Å². The SMILES string of the molecule is C1=CCCC(N2c3ccccc3NC2C2=CCCCC2)=C1. The van der Waals surface area contributed by atoms with Gasteiger partial charge in [-0.2, -0.15) is 0 Å². The van der Waals surface area contributed by atoms with Gasteiger partial charge in [0.15, 0.2) is 0 Å². The van der Waals surface area contributed by atoms with Crippen molar-refractivity contribution in [2.24, 2.45) is 0 Å².